The minimum atomic E-state index is -0.304. The van der Waals surface area contributed by atoms with Gasteiger partial charge in [-0.2, -0.15) is 0 Å². The highest BCUT2D eigenvalue weighted by atomic mass is 16.5. The summed E-state index contributed by atoms with van der Waals surface area (Å²) in [6.45, 7) is 1.86. The van der Waals surface area contributed by atoms with Gasteiger partial charge in [0.2, 0.25) is 0 Å². The first kappa shape index (κ1) is 11.0. The summed E-state index contributed by atoms with van der Waals surface area (Å²) in [5.41, 5.74) is 4.54. The van der Waals surface area contributed by atoms with Gasteiger partial charge in [-0.15, -0.1) is 0 Å². The van der Waals surface area contributed by atoms with Gasteiger partial charge >= 0.3 is 5.97 Å². The van der Waals surface area contributed by atoms with Gasteiger partial charge in [-0.25, -0.2) is 14.8 Å². The highest BCUT2D eigenvalue weighted by Gasteiger charge is 2.25. The van der Waals surface area contributed by atoms with Crippen LogP contribution in [0.1, 0.15) is 27.3 Å². The predicted octanol–water partition coefficient (Wildman–Crippen LogP) is 1.67. The number of esters is 1. The Bertz CT molecular complexity index is 631. The number of fused-ring (bicyclic) bond motifs is 3. The second-order valence-corrected chi connectivity index (χ2v) is 4.34. The van der Waals surface area contributed by atoms with E-state index in [0.717, 1.165) is 41.2 Å². The number of aromatic nitrogens is 3. The topological polar surface area (TPSA) is 67.9 Å². The van der Waals surface area contributed by atoms with Gasteiger partial charge in [0.25, 0.3) is 0 Å². The number of ether oxygens (including phenoxy) is 1. The smallest absolute Gasteiger partial charge is 0.339 e. The summed E-state index contributed by atoms with van der Waals surface area (Å²) in [6.07, 6.45) is 5.22. The van der Waals surface area contributed by atoms with E-state index in [4.69, 9.17) is 4.74 Å². The fourth-order valence-corrected chi connectivity index (χ4v) is 2.37. The van der Waals surface area contributed by atoms with E-state index in [2.05, 4.69) is 15.0 Å². The van der Waals surface area contributed by atoms with E-state index in [1.165, 1.54) is 7.11 Å². The van der Waals surface area contributed by atoms with Gasteiger partial charge in [0.1, 0.15) is 5.82 Å². The predicted molar refractivity (Wildman–Crippen MR) is 65.3 cm³/mol. The molecule has 1 N–H and O–H groups in total. The average Bonchev–Trinajstić information content (AvgIpc) is 2.82. The summed E-state index contributed by atoms with van der Waals surface area (Å²) in [5, 5.41) is 0. The Labute approximate surface area is 104 Å². The van der Waals surface area contributed by atoms with Crippen molar-refractivity contribution in [3.8, 4) is 11.4 Å². The third-order valence-corrected chi connectivity index (χ3v) is 3.26. The number of aryl methyl sites for hydroxylation is 2. The van der Waals surface area contributed by atoms with E-state index in [0.29, 0.717) is 5.56 Å². The second-order valence-electron chi connectivity index (χ2n) is 4.34. The number of H-pyrrole nitrogens is 1. The normalized spacial score (nSPS) is 12.8. The van der Waals surface area contributed by atoms with Crippen LogP contribution in [0.2, 0.25) is 0 Å². The molecule has 0 saturated heterocycles. The van der Waals surface area contributed by atoms with Crippen molar-refractivity contribution in [1.29, 1.82) is 0 Å². The zero-order valence-corrected chi connectivity index (χ0v) is 10.3. The molecule has 0 spiro atoms. The maximum atomic E-state index is 11.7. The number of carbonyl (C=O) groups is 1. The van der Waals surface area contributed by atoms with Crippen molar-refractivity contribution < 1.29 is 9.53 Å². The van der Waals surface area contributed by atoms with Crippen LogP contribution < -0.4 is 0 Å². The molecule has 0 amide bonds. The first-order valence-corrected chi connectivity index (χ1v) is 5.82. The summed E-state index contributed by atoms with van der Waals surface area (Å²) in [6, 6.07) is 0. The molecule has 0 atom stereocenters. The number of aromatic amines is 1. The molecule has 0 fully saturated rings. The lowest BCUT2D eigenvalue weighted by Gasteiger charge is -2.16. The Hall–Kier alpha value is -2.17. The highest BCUT2D eigenvalue weighted by molar-refractivity contribution is 5.93. The van der Waals surface area contributed by atoms with Crippen LogP contribution in [-0.2, 0) is 17.6 Å². The van der Waals surface area contributed by atoms with Crippen LogP contribution in [0.5, 0.6) is 0 Å². The van der Waals surface area contributed by atoms with Crippen LogP contribution in [-0.4, -0.2) is 28.0 Å². The van der Waals surface area contributed by atoms with Crippen molar-refractivity contribution in [2.24, 2.45) is 0 Å². The Morgan fingerprint density at radius 1 is 1.44 bits per heavy atom. The Balaban J connectivity index is 2.17. The van der Waals surface area contributed by atoms with Crippen molar-refractivity contribution >= 4 is 5.97 Å². The summed E-state index contributed by atoms with van der Waals surface area (Å²) in [7, 11) is 1.39. The molecular weight excluding hydrogens is 230 g/mol. The number of methoxy groups -OCH3 is 1. The van der Waals surface area contributed by atoms with Gasteiger partial charge in [0, 0.05) is 12.4 Å². The Morgan fingerprint density at radius 3 is 3.06 bits per heavy atom. The van der Waals surface area contributed by atoms with E-state index >= 15 is 0 Å². The molecule has 0 radical (unpaired) electrons. The molecule has 18 heavy (non-hydrogen) atoms. The van der Waals surface area contributed by atoms with Crippen molar-refractivity contribution in [1.82, 2.24) is 15.0 Å². The van der Waals surface area contributed by atoms with E-state index in [1.54, 1.807) is 6.20 Å². The second kappa shape index (κ2) is 3.94. The average molecular weight is 243 g/mol. The minimum Gasteiger partial charge on any atom is -0.465 e. The Kier molecular flexibility index (Phi) is 2.40. The molecule has 2 aromatic rings. The zero-order chi connectivity index (χ0) is 12.7. The molecule has 0 aromatic carbocycles. The van der Waals surface area contributed by atoms with Crippen LogP contribution in [0.15, 0.2) is 12.4 Å². The highest BCUT2D eigenvalue weighted by Crippen LogP contribution is 2.32. The third-order valence-electron chi connectivity index (χ3n) is 3.26. The summed E-state index contributed by atoms with van der Waals surface area (Å²) < 4.78 is 4.78. The molecule has 92 valence electrons. The number of carbonyl (C=O) groups excluding carboxylic acids is 1. The lowest BCUT2D eigenvalue weighted by molar-refractivity contribution is 0.0600. The molecule has 1 aliphatic carbocycles. The number of rotatable bonds is 1. The first-order valence-electron chi connectivity index (χ1n) is 5.82. The Morgan fingerprint density at radius 2 is 2.28 bits per heavy atom. The zero-order valence-electron chi connectivity index (χ0n) is 10.3. The van der Waals surface area contributed by atoms with Crippen molar-refractivity contribution in [2.75, 3.05) is 7.11 Å². The largest absolute Gasteiger partial charge is 0.465 e. The van der Waals surface area contributed by atoms with E-state index < -0.39 is 0 Å². The first-order chi connectivity index (χ1) is 8.70. The van der Waals surface area contributed by atoms with E-state index in [9.17, 15) is 4.79 Å². The fraction of sp³-hybridized carbons (Fsp3) is 0.308. The third kappa shape index (κ3) is 1.51. The van der Waals surface area contributed by atoms with Gasteiger partial charge in [0.05, 0.1) is 24.1 Å². The number of nitrogens with one attached hydrogen (secondary N) is 1. The molecule has 0 bridgehead atoms. The standard InChI is InChI=1S/C13H13N3O2/c1-7-14-5-8-3-4-9-10(13(17)18-2)6-15-12(9)11(8)16-7/h5-6,15H,3-4H2,1-2H3. The summed E-state index contributed by atoms with van der Waals surface area (Å²) in [5.74, 6) is 0.428. The molecular formula is C13H13N3O2. The minimum absolute atomic E-state index is 0.304. The van der Waals surface area contributed by atoms with Gasteiger partial charge in [-0.05, 0) is 30.9 Å². The van der Waals surface area contributed by atoms with Crippen molar-refractivity contribution in [2.45, 2.75) is 19.8 Å². The van der Waals surface area contributed by atoms with E-state index in [-0.39, 0.29) is 5.97 Å². The number of hydrogen-bond acceptors (Lipinski definition) is 4. The number of nitrogens with zero attached hydrogens (tertiary/aromatic N) is 2. The van der Waals surface area contributed by atoms with Gasteiger partial charge < -0.3 is 9.72 Å². The van der Waals surface area contributed by atoms with Crippen LogP contribution >= 0.6 is 0 Å². The lowest BCUT2D eigenvalue weighted by atomic mass is 9.93. The van der Waals surface area contributed by atoms with Crippen LogP contribution in [0.25, 0.3) is 11.4 Å². The summed E-state index contributed by atoms with van der Waals surface area (Å²) in [4.78, 5) is 23.5. The SMILES string of the molecule is COC(=O)c1c[nH]c2c1CCc1cnc(C)nc1-2. The molecule has 5 heteroatoms. The molecule has 0 aliphatic heterocycles. The molecule has 1 aliphatic rings. The molecule has 0 saturated carbocycles. The number of hydrogen-bond donors (Lipinski definition) is 1. The molecule has 3 rings (SSSR count). The van der Waals surface area contributed by atoms with Crippen LogP contribution in [0.3, 0.4) is 0 Å². The molecule has 5 nitrogen and oxygen atoms in total. The van der Waals surface area contributed by atoms with Gasteiger partial charge in [-0.1, -0.05) is 0 Å². The molecule has 2 heterocycles. The maximum Gasteiger partial charge on any atom is 0.339 e. The maximum absolute atomic E-state index is 11.7. The van der Waals surface area contributed by atoms with Crippen molar-refractivity contribution in [3.63, 3.8) is 0 Å². The molecule has 2 aromatic heterocycles. The monoisotopic (exact) mass is 243 g/mol. The molecule has 0 unspecified atom stereocenters. The van der Waals surface area contributed by atoms with Gasteiger partial charge in [-0.3, -0.25) is 0 Å². The fourth-order valence-electron chi connectivity index (χ4n) is 2.37. The summed E-state index contributed by atoms with van der Waals surface area (Å²) >= 11 is 0. The van der Waals surface area contributed by atoms with Crippen LogP contribution in [0.4, 0.5) is 0 Å². The lowest BCUT2D eigenvalue weighted by Crippen LogP contribution is -2.10. The van der Waals surface area contributed by atoms with Crippen molar-refractivity contribution in [3.05, 3.63) is 34.9 Å². The van der Waals surface area contributed by atoms with E-state index in [1.807, 2.05) is 13.1 Å². The quantitative estimate of drug-likeness (QED) is 0.773. The van der Waals surface area contributed by atoms with Crippen LogP contribution in [0, 0.1) is 6.92 Å². The van der Waals surface area contributed by atoms with Gasteiger partial charge in [0.15, 0.2) is 0 Å².